The van der Waals surface area contributed by atoms with Gasteiger partial charge in [-0.1, -0.05) is 6.07 Å². The predicted octanol–water partition coefficient (Wildman–Crippen LogP) is 0.946. The Hall–Kier alpha value is -2.54. The summed E-state index contributed by atoms with van der Waals surface area (Å²) >= 11 is 0. The van der Waals surface area contributed by atoms with E-state index in [0.29, 0.717) is 11.4 Å². The Labute approximate surface area is 121 Å². The average Bonchev–Trinajstić information content (AvgIpc) is 2.75. The first kappa shape index (κ1) is 14.9. The number of aromatic amines is 1. The number of rotatable bonds is 4. The second-order valence-electron chi connectivity index (χ2n) is 4.95. The number of hydrogen-bond acceptors (Lipinski definition) is 5. The van der Waals surface area contributed by atoms with Crippen molar-refractivity contribution >= 4 is 11.7 Å². The normalized spacial score (nSPS) is 12.1. The Bertz CT molecular complexity index is 666. The van der Waals surface area contributed by atoms with Gasteiger partial charge in [0.05, 0.1) is 6.04 Å². The van der Waals surface area contributed by atoms with Crippen LogP contribution in [0.1, 0.15) is 16.8 Å². The van der Waals surface area contributed by atoms with Crippen molar-refractivity contribution in [3.8, 4) is 11.5 Å². The van der Waals surface area contributed by atoms with Crippen LogP contribution in [0.2, 0.25) is 0 Å². The van der Waals surface area contributed by atoms with Gasteiger partial charge in [-0.05, 0) is 38.0 Å². The maximum absolute atomic E-state index is 12.0. The smallest absolute Gasteiger partial charge is 0.242 e. The minimum Gasteiger partial charge on any atom is -0.504 e. The topological polar surface area (TPSA) is 124 Å². The molecule has 112 valence electrons. The van der Waals surface area contributed by atoms with Gasteiger partial charge in [0.2, 0.25) is 5.91 Å². The quantitative estimate of drug-likeness (QED) is 0.536. The molecule has 0 spiro atoms. The molecule has 0 aliphatic rings. The van der Waals surface area contributed by atoms with E-state index in [1.54, 1.807) is 6.07 Å². The highest BCUT2D eigenvalue weighted by atomic mass is 16.3. The average molecular weight is 290 g/mol. The van der Waals surface area contributed by atoms with Gasteiger partial charge in [-0.25, -0.2) is 0 Å². The van der Waals surface area contributed by atoms with Crippen molar-refractivity contribution in [2.45, 2.75) is 26.3 Å². The molecular weight excluding hydrogens is 272 g/mol. The van der Waals surface area contributed by atoms with Crippen LogP contribution in [0.25, 0.3) is 0 Å². The molecule has 21 heavy (non-hydrogen) atoms. The largest absolute Gasteiger partial charge is 0.504 e. The highest BCUT2D eigenvalue weighted by Crippen LogP contribution is 2.25. The Morgan fingerprint density at radius 2 is 2.10 bits per heavy atom. The van der Waals surface area contributed by atoms with E-state index < -0.39 is 6.04 Å². The second-order valence-corrected chi connectivity index (χ2v) is 4.95. The third kappa shape index (κ3) is 3.32. The number of aryl methyl sites for hydroxylation is 1. The molecule has 7 nitrogen and oxygen atoms in total. The Morgan fingerprint density at radius 3 is 2.67 bits per heavy atom. The van der Waals surface area contributed by atoms with Crippen LogP contribution in [0.4, 0.5) is 5.82 Å². The number of hydrogen-bond donors (Lipinski definition) is 5. The summed E-state index contributed by atoms with van der Waals surface area (Å²) in [5, 5.41) is 28.1. The van der Waals surface area contributed by atoms with Crippen molar-refractivity contribution < 1.29 is 15.0 Å². The van der Waals surface area contributed by atoms with E-state index in [0.717, 1.165) is 11.3 Å². The number of benzene rings is 1. The SMILES string of the molecule is Cc1[nH]nc(NC(=O)[C@@H](N)Cc2ccc(O)c(O)c2)c1C. The number of phenols is 2. The molecule has 1 aromatic heterocycles. The van der Waals surface area contributed by atoms with Gasteiger partial charge in [0.1, 0.15) is 0 Å². The van der Waals surface area contributed by atoms with Crippen molar-refractivity contribution in [1.82, 2.24) is 10.2 Å². The van der Waals surface area contributed by atoms with E-state index in [9.17, 15) is 15.0 Å². The summed E-state index contributed by atoms with van der Waals surface area (Å²) in [6.07, 6.45) is 0.238. The van der Waals surface area contributed by atoms with Gasteiger partial charge < -0.3 is 21.3 Å². The van der Waals surface area contributed by atoms with Crippen LogP contribution < -0.4 is 11.1 Å². The van der Waals surface area contributed by atoms with E-state index in [1.807, 2.05) is 13.8 Å². The third-order valence-corrected chi connectivity index (χ3v) is 3.33. The summed E-state index contributed by atoms with van der Waals surface area (Å²) < 4.78 is 0. The maximum atomic E-state index is 12.0. The molecule has 0 aliphatic carbocycles. The van der Waals surface area contributed by atoms with E-state index >= 15 is 0 Å². The second kappa shape index (κ2) is 5.84. The Kier molecular flexibility index (Phi) is 4.13. The molecule has 0 unspecified atom stereocenters. The number of amides is 1. The lowest BCUT2D eigenvalue weighted by atomic mass is 10.1. The van der Waals surface area contributed by atoms with Crippen LogP contribution >= 0.6 is 0 Å². The van der Waals surface area contributed by atoms with Crippen molar-refractivity contribution in [1.29, 1.82) is 0 Å². The molecule has 2 aromatic rings. The lowest BCUT2D eigenvalue weighted by molar-refractivity contribution is -0.117. The minimum atomic E-state index is -0.787. The fourth-order valence-corrected chi connectivity index (χ4v) is 1.86. The molecule has 0 fully saturated rings. The number of nitrogens with zero attached hydrogens (tertiary/aromatic N) is 1. The number of phenolic OH excluding ortho intramolecular Hbond substituents is 2. The van der Waals surface area contributed by atoms with Crippen molar-refractivity contribution in [3.05, 3.63) is 35.0 Å². The van der Waals surface area contributed by atoms with E-state index in [4.69, 9.17) is 5.73 Å². The minimum absolute atomic E-state index is 0.209. The summed E-state index contributed by atoms with van der Waals surface area (Å²) in [7, 11) is 0. The third-order valence-electron chi connectivity index (χ3n) is 3.33. The van der Waals surface area contributed by atoms with Crippen LogP contribution in [0.15, 0.2) is 18.2 Å². The fraction of sp³-hybridized carbons (Fsp3) is 0.286. The predicted molar refractivity (Wildman–Crippen MR) is 78.1 cm³/mol. The molecule has 0 saturated heterocycles. The number of H-pyrrole nitrogens is 1. The van der Waals surface area contributed by atoms with E-state index in [1.165, 1.54) is 12.1 Å². The number of carbonyl (C=O) groups excluding carboxylic acids is 1. The van der Waals surface area contributed by atoms with Gasteiger partial charge >= 0.3 is 0 Å². The first-order valence-electron chi connectivity index (χ1n) is 6.47. The van der Waals surface area contributed by atoms with E-state index in [-0.39, 0.29) is 23.8 Å². The van der Waals surface area contributed by atoms with Gasteiger partial charge in [0.25, 0.3) is 0 Å². The van der Waals surface area contributed by atoms with E-state index in [2.05, 4.69) is 15.5 Å². The molecule has 1 atom stereocenters. The zero-order valence-corrected chi connectivity index (χ0v) is 11.8. The standard InChI is InChI=1S/C14H18N4O3/c1-7-8(2)17-18-13(7)16-14(21)10(15)5-9-3-4-11(19)12(20)6-9/h3-4,6,10,19-20H,5,15H2,1-2H3,(H2,16,17,18,21)/t10-/m0/s1. The molecule has 1 heterocycles. The van der Waals surface area contributed by atoms with Crippen LogP contribution in [0.5, 0.6) is 11.5 Å². The highest BCUT2D eigenvalue weighted by Gasteiger charge is 2.17. The maximum Gasteiger partial charge on any atom is 0.242 e. The zero-order valence-electron chi connectivity index (χ0n) is 11.8. The lowest BCUT2D eigenvalue weighted by Gasteiger charge is -2.12. The monoisotopic (exact) mass is 290 g/mol. The van der Waals surface area contributed by atoms with Gasteiger partial charge in [-0.2, -0.15) is 5.10 Å². The molecule has 0 bridgehead atoms. The molecule has 2 rings (SSSR count). The Morgan fingerprint density at radius 1 is 1.38 bits per heavy atom. The summed E-state index contributed by atoms with van der Waals surface area (Å²) in [4.78, 5) is 12.0. The summed E-state index contributed by atoms with van der Waals surface area (Å²) in [5.74, 6) is -0.350. The van der Waals surface area contributed by atoms with Gasteiger partial charge in [0, 0.05) is 11.3 Å². The van der Waals surface area contributed by atoms with Crippen molar-refractivity contribution in [2.24, 2.45) is 5.73 Å². The van der Waals surface area contributed by atoms with Gasteiger partial charge in [-0.15, -0.1) is 0 Å². The van der Waals surface area contributed by atoms with Crippen molar-refractivity contribution in [2.75, 3.05) is 5.32 Å². The van der Waals surface area contributed by atoms with Crippen LogP contribution in [0.3, 0.4) is 0 Å². The number of aromatic nitrogens is 2. The molecule has 0 aliphatic heterocycles. The molecule has 7 heteroatoms. The summed E-state index contributed by atoms with van der Waals surface area (Å²) in [6, 6.07) is 3.56. The van der Waals surface area contributed by atoms with Crippen LogP contribution in [-0.4, -0.2) is 32.4 Å². The number of anilines is 1. The number of nitrogens with one attached hydrogen (secondary N) is 2. The van der Waals surface area contributed by atoms with Gasteiger partial charge in [-0.3, -0.25) is 9.89 Å². The number of nitrogens with two attached hydrogens (primary N) is 1. The number of aromatic hydroxyl groups is 2. The first-order valence-corrected chi connectivity index (χ1v) is 6.47. The van der Waals surface area contributed by atoms with Gasteiger partial charge in [0.15, 0.2) is 17.3 Å². The fourth-order valence-electron chi connectivity index (χ4n) is 1.86. The highest BCUT2D eigenvalue weighted by molar-refractivity contribution is 5.94. The molecular formula is C14H18N4O3. The Balaban J connectivity index is 2.02. The summed E-state index contributed by atoms with van der Waals surface area (Å²) in [6.45, 7) is 3.70. The molecule has 1 aromatic carbocycles. The summed E-state index contributed by atoms with van der Waals surface area (Å²) in [5.41, 5.74) is 8.24. The lowest BCUT2D eigenvalue weighted by Crippen LogP contribution is -2.37. The molecule has 0 radical (unpaired) electrons. The molecule has 6 N–H and O–H groups in total. The molecule has 0 saturated carbocycles. The number of carbonyl (C=O) groups is 1. The van der Waals surface area contributed by atoms with Crippen molar-refractivity contribution in [3.63, 3.8) is 0 Å². The van der Waals surface area contributed by atoms with Crippen LogP contribution in [0, 0.1) is 13.8 Å². The first-order chi connectivity index (χ1) is 9.88. The van der Waals surface area contributed by atoms with Crippen LogP contribution in [-0.2, 0) is 11.2 Å². The zero-order chi connectivity index (χ0) is 15.6. The molecule has 1 amide bonds.